The molecule has 6 rings (SSSR count). The maximum Gasteiger partial charge on any atom is 0.291 e. The number of fused-ring (bicyclic) bond motifs is 2. The van der Waals surface area contributed by atoms with Crippen LogP contribution in [-0.2, 0) is 9.59 Å². The van der Waals surface area contributed by atoms with Gasteiger partial charge in [-0.15, -0.1) is 5.10 Å². The van der Waals surface area contributed by atoms with Gasteiger partial charge in [-0.1, -0.05) is 47.2 Å². The summed E-state index contributed by atoms with van der Waals surface area (Å²) < 4.78 is 1.41. The maximum atomic E-state index is 13.5. The molecule has 0 bridgehead atoms. The Morgan fingerprint density at radius 3 is 2.69 bits per heavy atom. The fourth-order valence-electron chi connectivity index (χ4n) is 4.07. The number of carbonyl (C=O) groups is 2. The third-order valence-corrected chi connectivity index (χ3v) is 6.90. The molecule has 0 unspecified atom stereocenters. The quantitative estimate of drug-likeness (QED) is 0.395. The number of anilines is 2. The lowest BCUT2D eigenvalue weighted by Crippen LogP contribution is -2.37. The van der Waals surface area contributed by atoms with E-state index < -0.39 is 17.4 Å². The van der Waals surface area contributed by atoms with Crippen LogP contribution in [0.1, 0.15) is 5.56 Å². The highest BCUT2D eigenvalue weighted by molar-refractivity contribution is 7.15. The monoisotopic (exact) mass is 514 g/mol. The fraction of sp³-hybridized carbons (Fsp3) is 0.0400. The van der Waals surface area contributed by atoms with Crippen molar-refractivity contribution in [2.24, 2.45) is 0 Å². The van der Waals surface area contributed by atoms with Crippen molar-refractivity contribution in [2.45, 2.75) is 0 Å². The van der Waals surface area contributed by atoms with Gasteiger partial charge in [-0.3, -0.25) is 24.3 Å². The van der Waals surface area contributed by atoms with Crippen LogP contribution in [0.15, 0.2) is 77.9 Å². The van der Waals surface area contributed by atoms with Crippen molar-refractivity contribution in [2.75, 3.05) is 16.8 Å². The molecule has 3 aromatic heterocycles. The summed E-state index contributed by atoms with van der Waals surface area (Å²) in [4.78, 5) is 49.8. The van der Waals surface area contributed by atoms with Gasteiger partial charge in [0.05, 0.1) is 11.3 Å². The minimum atomic E-state index is -0.443. The number of nitrogens with zero attached hydrogens (tertiary/aromatic N) is 5. The maximum absolute atomic E-state index is 13.5. The Labute approximate surface area is 212 Å². The van der Waals surface area contributed by atoms with Crippen LogP contribution in [0.5, 0.6) is 0 Å². The first kappa shape index (κ1) is 22.1. The summed E-state index contributed by atoms with van der Waals surface area (Å²) >= 11 is 7.08. The smallest absolute Gasteiger partial charge is 0.291 e. The van der Waals surface area contributed by atoms with Crippen LogP contribution in [0.25, 0.3) is 21.9 Å². The first-order valence-electron chi connectivity index (χ1n) is 10.8. The van der Waals surface area contributed by atoms with Gasteiger partial charge in [0.25, 0.3) is 11.5 Å². The summed E-state index contributed by atoms with van der Waals surface area (Å²) in [7, 11) is 0. The molecule has 0 aliphatic carbocycles. The first-order valence-corrected chi connectivity index (χ1v) is 12.0. The normalized spacial score (nSPS) is 14.4. The first-order chi connectivity index (χ1) is 17.5. The van der Waals surface area contributed by atoms with Crippen molar-refractivity contribution in [3.63, 3.8) is 0 Å². The molecule has 0 fully saturated rings. The number of nitrogens with one attached hydrogen (secondary N) is 1. The SMILES string of the molecule is O=C(CN1C(=O)C(=c2sc3nc(-c4cccnc4)nn3c2=O)c2ccccc21)Nc1cccc(Cl)c1. The molecule has 0 spiro atoms. The largest absolute Gasteiger partial charge is 0.324 e. The standard InChI is InChI=1S/C25H15ClN6O3S/c26-15-6-3-7-16(11-15)28-19(33)13-31-18-9-2-1-8-17(18)20(23(31)34)21-24(35)32-25(36-21)29-22(30-32)14-5-4-10-27-12-14/h1-12H,13H2,(H,28,33). The van der Waals surface area contributed by atoms with Gasteiger partial charge >= 0.3 is 0 Å². The van der Waals surface area contributed by atoms with E-state index in [1.54, 1.807) is 73.1 Å². The van der Waals surface area contributed by atoms with Crippen LogP contribution in [-0.4, -0.2) is 37.9 Å². The van der Waals surface area contributed by atoms with Gasteiger partial charge < -0.3 is 5.32 Å². The predicted molar refractivity (Wildman–Crippen MR) is 137 cm³/mol. The Bertz CT molecular complexity index is 1780. The second kappa shape index (κ2) is 8.67. The molecule has 36 heavy (non-hydrogen) atoms. The lowest BCUT2D eigenvalue weighted by molar-refractivity contribution is -0.118. The van der Waals surface area contributed by atoms with Gasteiger partial charge in [0.15, 0.2) is 5.82 Å². The zero-order valence-electron chi connectivity index (χ0n) is 18.4. The molecular formula is C25H15ClN6O3S. The molecule has 11 heteroatoms. The van der Waals surface area contributed by atoms with E-state index in [0.29, 0.717) is 38.3 Å². The second-order valence-corrected chi connectivity index (χ2v) is 9.36. The van der Waals surface area contributed by atoms with Gasteiger partial charge in [0.1, 0.15) is 11.1 Å². The summed E-state index contributed by atoms with van der Waals surface area (Å²) in [5, 5.41) is 7.56. The molecule has 0 saturated carbocycles. The number of benzene rings is 2. The third-order valence-electron chi connectivity index (χ3n) is 5.64. The number of hydrogen-bond donors (Lipinski definition) is 1. The number of pyridine rings is 1. The van der Waals surface area contributed by atoms with E-state index in [4.69, 9.17) is 11.6 Å². The molecule has 0 saturated heterocycles. The Hall–Kier alpha value is -4.41. The lowest BCUT2D eigenvalue weighted by atomic mass is 10.1. The van der Waals surface area contributed by atoms with Crippen molar-refractivity contribution in [3.8, 4) is 11.4 Å². The fourth-order valence-corrected chi connectivity index (χ4v) is 5.26. The molecular weight excluding hydrogens is 500 g/mol. The van der Waals surface area contributed by atoms with E-state index in [9.17, 15) is 14.4 Å². The molecule has 5 aromatic rings. The predicted octanol–water partition coefficient (Wildman–Crippen LogP) is 2.77. The number of para-hydroxylation sites is 1. The molecule has 2 amide bonds. The van der Waals surface area contributed by atoms with E-state index in [1.807, 2.05) is 0 Å². The van der Waals surface area contributed by atoms with Gasteiger partial charge in [0.2, 0.25) is 10.9 Å². The Kier molecular flexibility index (Phi) is 5.32. The zero-order valence-corrected chi connectivity index (χ0v) is 20.0. The van der Waals surface area contributed by atoms with Crippen LogP contribution < -0.4 is 20.3 Å². The average molecular weight is 515 g/mol. The molecule has 9 nitrogen and oxygen atoms in total. The summed E-state index contributed by atoms with van der Waals surface area (Å²) in [6.07, 6.45) is 3.25. The molecule has 1 aliphatic heterocycles. The Morgan fingerprint density at radius 2 is 1.92 bits per heavy atom. The summed E-state index contributed by atoms with van der Waals surface area (Å²) in [5.41, 5.74) is 2.11. The minimum Gasteiger partial charge on any atom is -0.324 e. The Balaban J connectivity index is 1.39. The number of thiazole rings is 1. The lowest BCUT2D eigenvalue weighted by Gasteiger charge is -2.16. The van der Waals surface area contributed by atoms with Crippen molar-refractivity contribution in [1.82, 2.24) is 19.6 Å². The van der Waals surface area contributed by atoms with Crippen molar-refractivity contribution < 1.29 is 9.59 Å². The van der Waals surface area contributed by atoms with Gasteiger partial charge in [0, 0.05) is 34.2 Å². The number of hydrogen-bond acceptors (Lipinski definition) is 7. The van der Waals surface area contributed by atoms with E-state index in [2.05, 4.69) is 20.4 Å². The van der Waals surface area contributed by atoms with Crippen LogP contribution in [0.4, 0.5) is 11.4 Å². The van der Waals surface area contributed by atoms with E-state index >= 15 is 0 Å². The second-order valence-electron chi connectivity index (χ2n) is 7.95. The highest BCUT2D eigenvalue weighted by Gasteiger charge is 2.35. The molecule has 0 atom stereocenters. The number of aromatic nitrogens is 4. The zero-order chi connectivity index (χ0) is 24.8. The highest BCUT2D eigenvalue weighted by Crippen LogP contribution is 2.35. The minimum absolute atomic E-state index is 0.220. The average Bonchev–Trinajstić information content (AvgIpc) is 3.51. The van der Waals surface area contributed by atoms with E-state index in [-0.39, 0.29) is 16.7 Å². The summed E-state index contributed by atoms with van der Waals surface area (Å²) in [5.74, 6) is -0.459. The Morgan fingerprint density at radius 1 is 1.06 bits per heavy atom. The van der Waals surface area contributed by atoms with Crippen molar-refractivity contribution in [3.05, 3.63) is 98.5 Å². The molecule has 176 valence electrons. The molecule has 1 N–H and O–H groups in total. The summed E-state index contributed by atoms with van der Waals surface area (Å²) in [6, 6.07) is 17.4. The van der Waals surface area contributed by atoms with Crippen LogP contribution >= 0.6 is 22.9 Å². The molecule has 0 radical (unpaired) electrons. The molecule has 2 aromatic carbocycles. The highest BCUT2D eigenvalue weighted by atomic mass is 35.5. The van der Waals surface area contributed by atoms with Gasteiger partial charge in [-0.25, -0.2) is 0 Å². The molecule has 4 heterocycles. The number of carbonyl (C=O) groups excluding carboxylic acids is 2. The van der Waals surface area contributed by atoms with Crippen LogP contribution in [0.2, 0.25) is 5.02 Å². The van der Waals surface area contributed by atoms with E-state index in [0.717, 1.165) is 11.3 Å². The van der Waals surface area contributed by atoms with Crippen LogP contribution in [0, 0.1) is 0 Å². The summed E-state index contributed by atoms with van der Waals surface area (Å²) in [6.45, 7) is -0.230. The topological polar surface area (TPSA) is 110 Å². The number of halogens is 1. The van der Waals surface area contributed by atoms with Gasteiger partial charge in [-0.2, -0.15) is 9.50 Å². The van der Waals surface area contributed by atoms with Crippen molar-refractivity contribution >= 4 is 56.7 Å². The van der Waals surface area contributed by atoms with Gasteiger partial charge in [-0.05, 0) is 36.4 Å². The number of amides is 2. The third kappa shape index (κ3) is 3.72. The van der Waals surface area contributed by atoms with Crippen LogP contribution in [0.3, 0.4) is 0 Å². The van der Waals surface area contributed by atoms with E-state index in [1.165, 1.54) is 9.42 Å². The van der Waals surface area contributed by atoms with Crippen molar-refractivity contribution in [1.29, 1.82) is 0 Å². The number of rotatable bonds is 4. The molecule has 1 aliphatic rings.